The van der Waals surface area contributed by atoms with Crippen LogP contribution in [0.2, 0.25) is 0 Å². The molecule has 0 spiro atoms. The minimum absolute atomic E-state index is 0.162. The second kappa shape index (κ2) is 5.59. The van der Waals surface area contributed by atoms with E-state index in [-0.39, 0.29) is 11.4 Å². The van der Waals surface area contributed by atoms with Gasteiger partial charge in [-0.1, -0.05) is 0 Å². The van der Waals surface area contributed by atoms with Gasteiger partial charge >= 0.3 is 5.97 Å². The van der Waals surface area contributed by atoms with Crippen LogP contribution in [0.15, 0.2) is 24.7 Å². The summed E-state index contributed by atoms with van der Waals surface area (Å²) in [5.41, 5.74) is -0.373. The van der Waals surface area contributed by atoms with Gasteiger partial charge < -0.3 is 10.4 Å². The third kappa shape index (κ3) is 2.88. The molecule has 0 fully saturated rings. The number of carbonyl (C=O) groups is 1. The Bertz CT molecular complexity index is 414. The van der Waals surface area contributed by atoms with Crippen molar-refractivity contribution in [1.29, 1.82) is 5.41 Å². The van der Waals surface area contributed by atoms with Crippen LogP contribution in [0.3, 0.4) is 0 Å². The zero-order chi connectivity index (χ0) is 12.0. The molecule has 6 heteroatoms. The summed E-state index contributed by atoms with van der Waals surface area (Å²) >= 11 is 0. The van der Waals surface area contributed by atoms with Gasteiger partial charge in [0, 0.05) is 25.1 Å². The van der Waals surface area contributed by atoms with Gasteiger partial charge in [0.2, 0.25) is 0 Å². The molecule has 1 heterocycles. The molecule has 0 amide bonds. The molecule has 6 nitrogen and oxygen atoms in total. The molecule has 0 aliphatic rings. The summed E-state index contributed by atoms with van der Waals surface area (Å²) in [7, 11) is 0. The van der Waals surface area contributed by atoms with Crippen LogP contribution in [0.1, 0.15) is 12.7 Å². The third-order valence-electron chi connectivity index (χ3n) is 1.74. The lowest BCUT2D eigenvalue weighted by Crippen LogP contribution is -2.17. The van der Waals surface area contributed by atoms with Crippen LogP contribution in [0.5, 0.6) is 0 Å². The zero-order valence-corrected chi connectivity index (χ0v) is 8.77. The summed E-state index contributed by atoms with van der Waals surface area (Å²) < 4.78 is 0. The Morgan fingerprint density at radius 2 is 2.19 bits per heavy atom. The molecule has 0 radical (unpaired) electrons. The highest BCUT2D eigenvalue weighted by molar-refractivity contribution is 6.52. The maximum atomic E-state index is 10.7. The number of nitrogens with zero attached hydrogens (tertiary/aromatic N) is 2. The van der Waals surface area contributed by atoms with E-state index >= 15 is 0 Å². The number of carboxylic acids is 1. The van der Waals surface area contributed by atoms with E-state index in [0.29, 0.717) is 6.54 Å². The average molecular weight is 220 g/mol. The van der Waals surface area contributed by atoms with Crippen molar-refractivity contribution in [3.8, 4) is 0 Å². The van der Waals surface area contributed by atoms with Crippen LogP contribution >= 0.6 is 0 Å². The number of nitrogens with one attached hydrogen (secondary N) is 2. The SMILES string of the molecule is CCN/C=C(\C(=N)C(=O)O)c1ncccn1. The monoisotopic (exact) mass is 220 g/mol. The molecule has 0 atom stereocenters. The summed E-state index contributed by atoms with van der Waals surface area (Å²) in [6.07, 6.45) is 4.43. The number of carboxylic acid groups (broad SMARTS) is 1. The van der Waals surface area contributed by atoms with Crippen molar-refractivity contribution >= 4 is 17.3 Å². The molecule has 0 saturated heterocycles. The third-order valence-corrected chi connectivity index (χ3v) is 1.74. The maximum absolute atomic E-state index is 10.7. The molecular weight excluding hydrogens is 208 g/mol. The lowest BCUT2D eigenvalue weighted by Gasteiger charge is -2.04. The molecular formula is C10H12N4O2. The molecule has 0 aromatic carbocycles. The Morgan fingerprint density at radius 3 is 2.69 bits per heavy atom. The smallest absolute Gasteiger partial charge is 0.354 e. The summed E-state index contributed by atoms with van der Waals surface area (Å²) in [4.78, 5) is 18.6. The van der Waals surface area contributed by atoms with Crippen molar-refractivity contribution in [3.63, 3.8) is 0 Å². The van der Waals surface area contributed by atoms with E-state index in [2.05, 4.69) is 15.3 Å². The Hall–Kier alpha value is -2.24. The van der Waals surface area contributed by atoms with Crippen LogP contribution in [-0.2, 0) is 4.79 Å². The van der Waals surface area contributed by atoms with Gasteiger partial charge in [0.25, 0.3) is 0 Å². The van der Waals surface area contributed by atoms with Gasteiger partial charge in [-0.2, -0.15) is 0 Å². The summed E-state index contributed by atoms with van der Waals surface area (Å²) in [5.74, 6) is -1.09. The summed E-state index contributed by atoms with van der Waals surface area (Å²) in [6.45, 7) is 2.49. The highest BCUT2D eigenvalue weighted by atomic mass is 16.4. The van der Waals surface area contributed by atoms with Crippen molar-refractivity contribution in [2.24, 2.45) is 0 Å². The second-order valence-corrected chi connectivity index (χ2v) is 2.87. The van der Waals surface area contributed by atoms with E-state index in [9.17, 15) is 4.79 Å². The number of aliphatic carboxylic acids is 1. The average Bonchev–Trinajstić information content (AvgIpc) is 2.30. The minimum atomic E-state index is -1.31. The standard InChI is InChI=1S/C10H12N4O2/c1-2-12-6-7(8(11)10(15)16)9-13-4-3-5-14-9/h3-6,11-12H,2H2,1H3,(H,15,16)/b7-6+,11-8?. The fourth-order valence-corrected chi connectivity index (χ4v) is 1.01. The first-order chi connectivity index (χ1) is 7.66. The predicted molar refractivity (Wildman–Crippen MR) is 59.0 cm³/mol. The molecule has 3 N–H and O–H groups in total. The molecule has 1 aromatic rings. The van der Waals surface area contributed by atoms with Gasteiger partial charge in [0.05, 0.1) is 5.57 Å². The normalized spacial score (nSPS) is 10.9. The Morgan fingerprint density at radius 1 is 1.56 bits per heavy atom. The predicted octanol–water partition coefficient (Wildman–Crippen LogP) is 0.531. The van der Waals surface area contributed by atoms with E-state index in [4.69, 9.17) is 10.5 Å². The number of rotatable bonds is 5. The Balaban J connectivity index is 3.07. The molecule has 0 unspecified atom stereocenters. The van der Waals surface area contributed by atoms with E-state index in [1.807, 2.05) is 6.92 Å². The minimum Gasteiger partial charge on any atom is -0.477 e. The molecule has 0 aliphatic heterocycles. The van der Waals surface area contributed by atoms with Gasteiger partial charge in [-0.25, -0.2) is 14.8 Å². The van der Waals surface area contributed by atoms with Crippen molar-refractivity contribution < 1.29 is 9.90 Å². The van der Waals surface area contributed by atoms with Crippen LogP contribution in [0.25, 0.3) is 5.57 Å². The number of aromatic nitrogens is 2. The highest BCUT2D eigenvalue weighted by Gasteiger charge is 2.16. The highest BCUT2D eigenvalue weighted by Crippen LogP contribution is 2.09. The van der Waals surface area contributed by atoms with E-state index in [1.54, 1.807) is 6.07 Å². The van der Waals surface area contributed by atoms with Gasteiger partial charge in [-0.3, -0.25) is 5.41 Å². The van der Waals surface area contributed by atoms with Gasteiger partial charge in [0.15, 0.2) is 11.5 Å². The topological polar surface area (TPSA) is 99.0 Å². The first-order valence-electron chi connectivity index (χ1n) is 4.70. The first kappa shape index (κ1) is 11.8. The van der Waals surface area contributed by atoms with Gasteiger partial charge in [-0.05, 0) is 13.0 Å². The molecule has 1 rings (SSSR count). The molecule has 1 aromatic heterocycles. The van der Waals surface area contributed by atoms with Crippen molar-refractivity contribution in [2.75, 3.05) is 6.54 Å². The molecule has 0 aliphatic carbocycles. The number of hydrogen-bond acceptors (Lipinski definition) is 5. The van der Waals surface area contributed by atoms with Crippen molar-refractivity contribution in [3.05, 3.63) is 30.5 Å². The summed E-state index contributed by atoms with van der Waals surface area (Å²) in [6, 6.07) is 1.62. The quantitative estimate of drug-likeness (QED) is 0.629. The fourth-order valence-electron chi connectivity index (χ4n) is 1.01. The van der Waals surface area contributed by atoms with Crippen molar-refractivity contribution in [2.45, 2.75) is 6.92 Å². The zero-order valence-electron chi connectivity index (χ0n) is 8.77. The van der Waals surface area contributed by atoms with Gasteiger partial charge in [0.1, 0.15) is 0 Å². The van der Waals surface area contributed by atoms with Crippen molar-refractivity contribution in [1.82, 2.24) is 15.3 Å². The van der Waals surface area contributed by atoms with Crippen LogP contribution in [-0.4, -0.2) is 33.3 Å². The van der Waals surface area contributed by atoms with Crippen LogP contribution < -0.4 is 5.32 Å². The lowest BCUT2D eigenvalue weighted by molar-refractivity contribution is -0.129. The van der Waals surface area contributed by atoms with E-state index in [1.165, 1.54) is 18.6 Å². The van der Waals surface area contributed by atoms with E-state index < -0.39 is 11.7 Å². The molecule has 0 saturated carbocycles. The van der Waals surface area contributed by atoms with Gasteiger partial charge in [-0.15, -0.1) is 0 Å². The second-order valence-electron chi connectivity index (χ2n) is 2.87. The maximum Gasteiger partial charge on any atom is 0.354 e. The summed E-state index contributed by atoms with van der Waals surface area (Å²) in [5, 5.41) is 19.0. The fraction of sp³-hybridized carbons (Fsp3) is 0.200. The largest absolute Gasteiger partial charge is 0.477 e. The molecule has 84 valence electrons. The van der Waals surface area contributed by atoms with E-state index in [0.717, 1.165) is 0 Å². The molecule has 0 bridgehead atoms. The Labute approximate surface area is 92.6 Å². The lowest BCUT2D eigenvalue weighted by atomic mass is 10.1. The molecule has 16 heavy (non-hydrogen) atoms. The first-order valence-corrected chi connectivity index (χ1v) is 4.70. The van der Waals surface area contributed by atoms with Crippen LogP contribution in [0, 0.1) is 5.41 Å². The van der Waals surface area contributed by atoms with Crippen LogP contribution in [0.4, 0.5) is 0 Å². The Kier molecular flexibility index (Phi) is 4.14. The number of hydrogen-bond donors (Lipinski definition) is 3.